The molecule has 19 heavy (non-hydrogen) atoms. The molecular weight excluding hydrogens is 262 g/mol. The fraction of sp³-hybridized carbons (Fsp3) is 0.333. The molecule has 0 aliphatic rings. The number of hydrogen-bond donors (Lipinski definition) is 3. The van der Waals surface area contributed by atoms with E-state index < -0.39 is 0 Å². The van der Waals surface area contributed by atoms with Gasteiger partial charge in [0, 0.05) is 17.3 Å². The van der Waals surface area contributed by atoms with E-state index in [4.69, 9.17) is 10.6 Å². The Hall–Kier alpha value is -1.86. The van der Waals surface area contributed by atoms with E-state index in [-0.39, 0.29) is 6.04 Å². The topological polar surface area (TPSA) is 85.1 Å². The molecule has 102 valence electrons. The summed E-state index contributed by atoms with van der Waals surface area (Å²) in [7, 11) is 1.56. The fourth-order valence-corrected chi connectivity index (χ4v) is 2.62. The molecule has 0 fully saturated rings. The third kappa shape index (κ3) is 3.33. The van der Waals surface area contributed by atoms with Crippen LogP contribution in [-0.2, 0) is 6.42 Å². The van der Waals surface area contributed by atoms with Crippen LogP contribution in [0.15, 0.2) is 23.8 Å². The maximum Gasteiger partial charge on any atom is 0.205 e. The van der Waals surface area contributed by atoms with Gasteiger partial charge < -0.3 is 15.5 Å². The van der Waals surface area contributed by atoms with Crippen LogP contribution >= 0.6 is 11.3 Å². The van der Waals surface area contributed by atoms with E-state index in [0.717, 1.165) is 6.42 Å². The highest BCUT2D eigenvalue weighted by Gasteiger charge is 2.13. The molecule has 0 radical (unpaired) electrons. The number of aromatic nitrogens is 2. The first kappa shape index (κ1) is 13.6. The molecule has 0 aliphatic carbocycles. The Balaban J connectivity index is 2.09. The third-order valence-electron chi connectivity index (χ3n) is 2.62. The summed E-state index contributed by atoms with van der Waals surface area (Å²) in [4.78, 5) is 9.51. The SMILES string of the molecule is COc1c(NN)ncnc1NC(C)Cc1cccs1. The Labute approximate surface area is 116 Å². The average molecular weight is 279 g/mol. The largest absolute Gasteiger partial charge is 0.490 e. The molecule has 0 saturated carbocycles. The fourth-order valence-electron chi connectivity index (χ4n) is 1.79. The summed E-state index contributed by atoms with van der Waals surface area (Å²) in [6, 6.07) is 4.40. The van der Waals surface area contributed by atoms with Gasteiger partial charge in [-0.25, -0.2) is 15.8 Å². The predicted octanol–water partition coefficient (Wildman–Crippen LogP) is 1.88. The molecule has 1 atom stereocenters. The highest BCUT2D eigenvalue weighted by molar-refractivity contribution is 7.09. The Morgan fingerprint density at radius 3 is 2.84 bits per heavy atom. The maximum atomic E-state index is 5.39. The van der Waals surface area contributed by atoms with Gasteiger partial charge in [-0.05, 0) is 18.4 Å². The van der Waals surface area contributed by atoms with Crippen molar-refractivity contribution in [2.45, 2.75) is 19.4 Å². The van der Waals surface area contributed by atoms with Crippen molar-refractivity contribution in [3.05, 3.63) is 28.7 Å². The number of hydrogen-bond acceptors (Lipinski definition) is 7. The molecule has 2 aromatic heterocycles. The summed E-state index contributed by atoms with van der Waals surface area (Å²) in [5.41, 5.74) is 2.49. The molecule has 2 aromatic rings. The normalized spacial score (nSPS) is 11.9. The number of thiophene rings is 1. The predicted molar refractivity (Wildman–Crippen MR) is 77.5 cm³/mol. The number of methoxy groups -OCH3 is 1. The Bertz CT molecular complexity index is 517. The monoisotopic (exact) mass is 279 g/mol. The van der Waals surface area contributed by atoms with Crippen molar-refractivity contribution in [1.82, 2.24) is 9.97 Å². The summed E-state index contributed by atoms with van der Waals surface area (Å²) >= 11 is 1.74. The third-order valence-corrected chi connectivity index (χ3v) is 3.51. The first-order valence-corrected chi connectivity index (χ1v) is 6.77. The van der Waals surface area contributed by atoms with Gasteiger partial charge in [-0.2, -0.15) is 0 Å². The van der Waals surface area contributed by atoms with Crippen molar-refractivity contribution in [2.24, 2.45) is 5.84 Å². The van der Waals surface area contributed by atoms with Crippen LogP contribution in [0.4, 0.5) is 11.6 Å². The minimum absolute atomic E-state index is 0.230. The number of hydrazine groups is 1. The van der Waals surface area contributed by atoms with Crippen molar-refractivity contribution >= 4 is 23.0 Å². The van der Waals surface area contributed by atoms with Gasteiger partial charge >= 0.3 is 0 Å². The second-order valence-corrected chi connectivity index (χ2v) is 5.11. The second-order valence-electron chi connectivity index (χ2n) is 4.08. The Kier molecular flexibility index (Phi) is 4.53. The van der Waals surface area contributed by atoms with Gasteiger partial charge in [-0.1, -0.05) is 6.07 Å². The zero-order valence-electron chi connectivity index (χ0n) is 10.9. The smallest absolute Gasteiger partial charge is 0.205 e. The first-order chi connectivity index (χ1) is 9.24. The van der Waals surface area contributed by atoms with Gasteiger partial charge in [0.1, 0.15) is 6.33 Å². The van der Waals surface area contributed by atoms with E-state index in [1.807, 2.05) is 0 Å². The lowest BCUT2D eigenvalue weighted by Crippen LogP contribution is -2.20. The molecular formula is C12H17N5OS. The van der Waals surface area contributed by atoms with E-state index >= 15 is 0 Å². The maximum absolute atomic E-state index is 5.39. The van der Waals surface area contributed by atoms with Gasteiger partial charge in [-0.15, -0.1) is 11.3 Å². The first-order valence-electron chi connectivity index (χ1n) is 5.89. The molecule has 0 saturated heterocycles. The second kappa shape index (κ2) is 6.35. The van der Waals surface area contributed by atoms with Crippen LogP contribution in [-0.4, -0.2) is 23.1 Å². The minimum atomic E-state index is 0.230. The van der Waals surface area contributed by atoms with Crippen LogP contribution in [0, 0.1) is 0 Å². The van der Waals surface area contributed by atoms with E-state index in [1.54, 1.807) is 18.4 Å². The van der Waals surface area contributed by atoms with Crippen LogP contribution in [0.2, 0.25) is 0 Å². The number of nitrogens with zero attached hydrogens (tertiary/aromatic N) is 2. The molecule has 4 N–H and O–H groups in total. The van der Waals surface area contributed by atoms with Crippen LogP contribution in [0.5, 0.6) is 5.75 Å². The van der Waals surface area contributed by atoms with Crippen molar-refractivity contribution in [3.63, 3.8) is 0 Å². The van der Waals surface area contributed by atoms with Crippen LogP contribution in [0.3, 0.4) is 0 Å². The van der Waals surface area contributed by atoms with Gasteiger partial charge in [0.05, 0.1) is 7.11 Å². The Morgan fingerprint density at radius 2 is 2.21 bits per heavy atom. The molecule has 7 heteroatoms. The van der Waals surface area contributed by atoms with Crippen LogP contribution in [0.1, 0.15) is 11.8 Å². The van der Waals surface area contributed by atoms with E-state index in [0.29, 0.717) is 17.4 Å². The number of ether oxygens (including phenoxy) is 1. The summed E-state index contributed by atoms with van der Waals surface area (Å²) in [6.07, 6.45) is 2.37. The highest BCUT2D eigenvalue weighted by atomic mass is 32.1. The van der Waals surface area contributed by atoms with Crippen molar-refractivity contribution in [1.29, 1.82) is 0 Å². The zero-order chi connectivity index (χ0) is 13.7. The van der Waals surface area contributed by atoms with E-state index in [9.17, 15) is 0 Å². The van der Waals surface area contributed by atoms with Crippen molar-refractivity contribution < 1.29 is 4.74 Å². The highest BCUT2D eigenvalue weighted by Crippen LogP contribution is 2.28. The lowest BCUT2D eigenvalue weighted by atomic mass is 10.2. The van der Waals surface area contributed by atoms with Crippen molar-refractivity contribution in [3.8, 4) is 5.75 Å². The standard InChI is InChI=1S/C12H17N5OS/c1-8(6-9-4-3-5-19-9)16-11-10(18-2)12(17-13)15-7-14-11/h3-5,7-8H,6,13H2,1-2H3,(H2,14,15,16,17). The molecule has 1 unspecified atom stereocenters. The molecule has 6 nitrogen and oxygen atoms in total. The number of anilines is 2. The molecule has 0 aromatic carbocycles. The van der Waals surface area contributed by atoms with Gasteiger partial charge in [0.25, 0.3) is 0 Å². The lowest BCUT2D eigenvalue weighted by molar-refractivity contribution is 0.414. The van der Waals surface area contributed by atoms with E-state index in [1.165, 1.54) is 11.2 Å². The van der Waals surface area contributed by atoms with Gasteiger partial charge in [0.15, 0.2) is 11.6 Å². The molecule has 0 spiro atoms. The average Bonchev–Trinajstić information content (AvgIpc) is 2.91. The van der Waals surface area contributed by atoms with E-state index in [2.05, 4.69) is 45.1 Å². The quantitative estimate of drug-likeness (QED) is 0.553. The number of nitrogen functional groups attached to an aromatic ring is 1. The number of nitrogens with one attached hydrogen (secondary N) is 2. The summed E-state index contributed by atoms with van der Waals surface area (Å²) in [6.45, 7) is 2.09. The minimum Gasteiger partial charge on any atom is -0.490 e. The molecule has 2 rings (SSSR count). The zero-order valence-corrected chi connectivity index (χ0v) is 11.7. The Morgan fingerprint density at radius 1 is 1.42 bits per heavy atom. The van der Waals surface area contributed by atoms with Gasteiger partial charge in [0.2, 0.25) is 5.75 Å². The number of rotatable bonds is 6. The molecule has 2 heterocycles. The van der Waals surface area contributed by atoms with Gasteiger partial charge in [-0.3, -0.25) is 0 Å². The summed E-state index contributed by atoms with van der Waals surface area (Å²) in [5, 5.41) is 5.38. The molecule has 0 amide bonds. The summed E-state index contributed by atoms with van der Waals surface area (Å²) < 4.78 is 5.28. The number of nitrogens with two attached hydrogens (primary N) is 1. The summed E-state index contributed by atoms with van der Waals surface area (Å²) in [5.74, 6) is 7.00. The molecule has 0 aliphatic heterocycles. The lowest BCUT2D eigenvalue weighted by Gasteiger charge is -2.17. The van der Waals surface area contributed by atoms with Crippen LogP contribution < -0.4 is 21.3 Å². The molecule has 0 bridgehead atoms. The van der Waals surface area contributed by atoms with Crippen LogP contribution in [0.25, 0.3) is 0 Å². The van der Waals surface area contributed by atoms with Crippen molar-refractivity contribution in [2.75, 3.05) is 17.9 Å².